The molecule has 0 aromatic heterocycles. The van der Waals surface area contributed by atoms with Crippen LogP contribution in [-0.2, 0) is 0 Å². The number of hydrogen-bond acceptors (Lipinski definition) is 4. The first-order valence-corrected chi connectivity index (χ1v) is 5.78. The Hall–Kier alpha value is -1.00. The number of aliphatic hydroxyl groups excluding tert-OH is 1. The highest BCUT2D eigenvalue weighted by atomic mass is 32.2. The zero-order chi connectivity index (χ0) is 11.3. The van der Waals surface area contributed by atoms with Crippen LogP contribution in [0.25, 0.3) is 0 Å². The van der Waals surface area contributed by atoms with Gasteiger partial charge in [0, 0.05) is 28.5 Å². The molecular formula is C11H15NO2S. The van der Waals surface area contributed by atoms with Crippen LogP contribution in [0.3, 0.4) is 0 Å². The van der Waals surface area contributed by atoms with Crippen molar-refractivity contribution in [2.45, 2.75) is 18.2 Å². The molecule has 3 N–H and O–H groups in total. The Labute approximate surface area is 93.7 Å². The molecule has 0 unspecified atom stereocenters. The van der Waals surface area contributed by atoms with Crippen molar-refractivity contribution in [3.05, 3.63) is 23.8 Å². The lowest BCUT2D eigenvalue weighted by atomic mass is 10.1. The molecule has 0 aliphatic heterocycles. The number of carbonyl (C=O) groups is 1. The minimum atomic E-state index is -0.0144. The van der Waals surface area contributed by atoms with Crippen LogP contribution in [-0.4, -0.2) is 23.2 Å². The molecule has 1 aromatic carbocycles. The number of Topliss-reactive ketones (excluding diaryl/α,β-unsaturated/α-hetero) is 1. The second kappa shape index (κ2) is 5.78. The van der Waals surface area contributed by atoms with Crippen LogP contribution in [0.5, 0.6) is 0 Å². The summed E-state index contributed by atoms with van der Waals surface area (Å²) in [5.41, 5.74) is 6.84. The van der Waals surface area contributed by atoms with Gasteiger partial charge >= 0.3 is 0 Å². The lowest BCUT2D eigenvalue weighted by Crippen LogP contribution is -1.99. The molecule has 0 amide bonds. The zero-order valence-electron chi connectivity index (χ0n) is 8.69. The Morgan fingerprint density at radius 2 is 2.27 bits per heavy atom. The van der Waals surface area contributed by atoms with Crippen molar-refractivity contribution in [1.29, 1.82) is 0 Å². The number of thioether (sulfide) groups is 1. The third-order valence-electron chi connectivity index (χ3n) is 1.97. The van der Waals surface area contributed by atoms with E-state index >= 15 is 0 Å². The number of nitrogens with two attached hydrogens (primary N) is 1. The maximum Gasteiger partial charge on any atom is 0.161 e. The minimum Gasteiger partial charge on any atom is -0.398 e. The third-order valence-corrected chi connectivity index (χ3v) is 3.05. The Morgan fingerprint density at radius 1 is 1.53 bits per heavy atom. The van der Waals surface area contributed by atoms with Gasteiger partial charge in [0.25, 0.3) is 0 Å². The second-order valence-corrected chi connectivity index (χ2v) is 4.40. The van der Waals surface area contributed by atoms with E-state index in [0.29, 0.717) is 11.3 Å². The summed E-state index contributed by atoms with van der Waals surface area (Å²) in [5.74, 6) is 0.842. The predicted molar refractivity (Wildman–Crippen MR) is 63.3 cm³/mol. The average Bonchev–Trinajstić information content (AvgIpc) is 2.17. The number of anilines is 1. The molecule has 0 spiro atoms. The molecule has 0 aliphatic rings. The fourth-order valence-corrected chi connectivity index (χ4v) is 2.09. The van der Waals surface area contributed by atoms with Gasteiger partial charge in [0.1, 0.15) is 0 Å². The number of hydrogen-bond donors (Lipinski definition) is 2. The number of rotatable bonds is 5. The molecule has 1 aromatic rings. The molecule has 4 heteroatoms. The van der Waals surface area contributed by atoms with Crippen LogP contribution in [0, 0.1) is 0 Å². The van der Waals surface area contributed by atoms with Gasteiger partial charge in [-0.1, -0.05) is 0 Å². The molecule has 3 nitrogen and oxygen atoms in total. The van der Waals surface area contributed by atoms with Crippen molar-refractivity contribution < 1.29 is 9.90 Å². The van der Waals surface area contributed by atoms with Crippen molar-refractivity contribution in [1.82, 2.24) is 0 Å². The Morgan fingerprint density at radius 3 is 2.80 bits per heavy atom. The highest BCUT2D eigenvalue weighted by Crippen LogP contribution is 2.23. The van der Waals surface area contributed by atoms with Crippen LogP contribution in [0.2, 0.25) is 0 Å². The summed E-state index contributed by atoms with van der Waals surface area (Å²) in [6, 6.07) is 5.44. The second-order valence-electron chi connectivity index (χ2n) is 3.23. The van der Waals surface area contributed by atoms with Crippen LogP contribution >= 0.6 is 11.8 Å². The fraction of sp³-hybridized carbons (Fsp3) is 0.364. The first-order valence-electron chi connectivity index (χ1n) is 4.79. The lowest BCUT2D eigenvalue weighted by molar-refractivity contribution is 0.101. The van der Waals surface area contributed by atoms with Crippen molar-refractivity contribution in [2.75, 3.05) is 18.1 Å². The van der Waals surface area contributed by atoms with Crippen LogP contribution < -0.4 is 5.73 Å². The summed E-state index contributed by atoms with van der Waals surface area (Å²) in [4.78, 5) is 12.2. The van der Waals surface area contributed by atoms with E-state index < -0.39 is 0 Å². The largest absolute Gasteiger partial charge is 0.398 e. The average molecular weight is 225 g/mol. The first-order chi connectivity index (χ1) is 7.15. The van der Waals surface area contributed by atoms with E-state index in [4.69, 9.17) is 10.8 Å². The van der Waals surface area contributed by atoms with Crippen LogP contribution in [0.1, 0.15) is 23.7 Å². The van der Waals surface area contributed by atoms with Gasteiger partial charge in [0.05, 0.1) is 0 Å². The van der Waals surface area contributed by atoms with Gasteiger partial charge in [0.15, 0.2) is 5.78 Å². The third kappa shape index (κ3) is 3.57. The smallest absolute Gasteiger partial charge is 0.161 e. The molecule has 15 heavy (non-hydrogen) atoms. The normalized spacial score (nSPS) is 10.3. The van der Waals surface area contributed by atoms with Crippen molar-refractivity contribution in [3.8, 4) is 0 Å². The SMILES string of the molecule is CC(=O)c1ccc(SCCCO)cc1N. The molecule has 0 radical (unpaired) electrons. The maximum absolute atomic E-state index is 11.1. The number of carbonyl (C=O) groups excluding carboxylic acids is 1. The van der Waals surface area contributed by atoms with Gasteiger partial charge in [0.2, 0.25) is 0 Å². The van der Waals surface area contributed by atoms with Crippen LogP contribution in [0.15, 0.2) is 23.1 Å². The molecular weight excluding hydrogens is 210 g/mol. The molecule has 82 valence electrons. The number of benzene rings is 1. The summed E-state index contributed by atoms with van der Waals surface area (Å²) in [5, 5.41) is 8.63. The number of aliphatic hydroxyl groups is 1. The molecule has 1 rings (SSSR count). The van der Waals surface area contributed by atoms with Crippen LogP contribution in [0.4, 0.5) is 5.69 Å². The molecule has 0 saturated carbocycles. The lowest BCUT2D eigenvalue weighted by Gasteiger charge is -2.05. The van der Waals surface area contributed by atoms with Gasteiger partial charge in [-0.3, -0.25) is 4.79 Å². The van der Waals surface area contributed by atoms with E-state index in [2.05, 4.69) is 0 Å². The van der Waals surface area contributed by atoms with Crippen molar-refractivity contribution in [3.63, 3.8) is 0 Å². The Kier molecular flexibility index (Phi) is 4.65. The summed E-state index contributed by atoms with van der Waals surface area (Å²) < 4.78 is 0. The fourth-order valence-electron chi connectivity index (χ4n) is 1.21. The van der Waals surface area contributed by atoms with E-state index in [-0.39, 0.29) is 12.4 Å². The highest BCUT2D eigenvalue weighted by molar-refractivity contribution is 7.99. The van der Waals surface area contributed by atoms with E-state index in [1.807, 2.05) is 6.07 Å². The Balaban J connectivity index is 2.69. The molecule has 0 saturated heterocycles. The Bertz CT molecular complexity index is 352. The van der Waals surface area contributed by atoms with Gasteiger partial charge in [-0.05, 0) is 31.5 Å². The van der Waals surface area contributed by atoms with E-state index in [9.17, 15) is 4.79 Å². The van der Waals surface area contributed by atoms with Crippen molar-refractivity contribution >= 4 is 23.2 Å². The van der Waals surface area contributed by atoms with Gasteiger partial charge < -0.3 is 10.8 Å². The van der Waals surface area contributed by atoms with E-state index in [1.165, 1.54) is 6.92 Å². The van der Waals surface area contributed by atoms with Gasteiger partial charge in [-0.15, -0.1) is 11.8 Å². The minimum absolute atomic E-state index is 0.0144. The van der Waals surface area contributed by atoms with Gasteiger partial charge in [-0.2, -0.15) is 0 Å². The molecule has 0 fully saturated rings. The maximum atomic E-state index is 11.1. The monoisotopic (exact) mass is 225 g/mol. The summed E-state index contributed by atoms with van der Waals surface area (Å²) in [7, 11) is 0. The molecule has 0 atom stereocenters. The molecule has 0 heterocycles. The zero-order valence-corrected chi connectivity index (χ0v) is 9.51. The van der Waals surface area contributed by atoms with Crippen molar-refractivity contribution in [2.24, 2.45) is 0 Å². The predicted octanol–water partition coefficient (Wildman–Crippen LogP) is 1.95. The summed E-state index contributed by atoms with van der Waals surface area (Å²) >= 11 is 1.63. The topological polar surface area (TPSA) is 63.3 Å². The summed E-state index contributed by atoms with van der Waals surface area (Å²) in [6.45, 7) is 1.71. The van der Waals surface area contributed by atoms with E-state index in [1.54, 1.807) is 23.9 Å². The van der Waals surface area contributed by atoms with E-state index in [0.717, 1.165) is 17.1 Å². The number of ketones is 1. The standard InChI is InChI=1S/C11H15NO2S/c1-8(14)10-4-3-9(7-11(10)12)15-6-2-5-13/h3-4,7,13H,2,5-6,12H2,1H3. The molecule has 0 bridgehead atoms. The summed E-state index contributed by atoms with van der Waals surface area (Å²) in [6.07, 6.45) is 0.763. The van der Waals surface area contributed by atoms with Gasteiger partial charge in [-0.25, -0.2) is 0 Å². The first kappa shape index (κ1) is 12.1. The molecule has 0 aliphatic carbocycles. The quantitative estimate of drug-likeness (QED) is 0.348. The number of nitrogen functional groups attached to an aromatic ring is 1. The highest BCUT2D eigenvalue weighted by Gasteiger charge is 2.05.